The van der Waals surface area contributed by atoms with E-state index < -0.39 is 10.0 Å². The number of carbonyl (C=O) groups excluding carboxylic acids is 1. The van der Waals surface area contributed by atoms with Crippen LogP contribution >= 0.6 is 0 Å². The lowest BCUT2D eigenvalue weighted by Crippen LogP contribution is -2.31. The lowest BCUT2D eigenvalue weighted by atomic mass is 10.2. The average molecular weight is 459 g/mol. The van der Waals surface area contributed by atoms with Crippen molar-refractivity contribution in [3.63, 3.8) is 0 Å². The molecule has 1 heterocycles. The number of sulfonamides is 1. The van der Waals surface area contributed by atoms with E-state index in [9.17, 15) is 13.2 Å². The second-order valence-corrected chi connectivity index (χ2v) is 9.16. The molecule has 0 spiro atoms. The highest BCUT2D eigenvalue weighted by Gasteiger charge is 2.24. The first-order valence-electron chi connectivity index (χ1n) is 10.8. The fraction of sp³-hybridized carbons (Fsp3) is 0.409. The number of hydrogen-bond acceptors (Lipinski definition) is 6. The number of nitrogens with one attached hydrogen (secondary N) is 1. The number of rotatable bonds is 10. The van der Waals surface area contributed by atoms with E-state index in [4.69, 9.17) is 0 Å². The van der Waals surface area contributed by atoms with Crippen LogP contribution in [0.4, 0.5) is 11.4 Å². The highest BCUT2D eigenvalue weighted by atomic mass is 32.2. The van der Waals surface area contributed by atoms with Crippen molar-refractivity contribution in [3.05, 3.63) is 42.5 Å². The van der Waals surface area contributed by atoms with Crippen molar-refractivity contribution >= 4 is 38.3 Å². The smallest absolute Gasteiger partial charge is 0.246 e. The minimum Gasteiger partial charge on any atom is -0.370 e. The van der Waals surface area contributed by atoms with Gasteiger partial charge < -0.3 is 10.2 Å². The van der Waals surface area contributed by atoms with E-state index >= 15 is 0 Å². The van der Waals surface area contributed by atoms with Crippen LogP contribution in [0, 0.1) is 0 Å². The number of amides is 1. The molecule has 9 nitrogen and oxygen atoms in total. The van der Waals surface area contributed by atoms with Crippen molar-refractivity contribution in [3.8, 4) is 0 Å². The molecule has 2 aromatic carbocycles. The Kier molecular flexibility index (Phi) is 7.47. The topological polar surface area (TPSA) is 100 Å². The van der Waals surface area contributed by atoms with Gasteiger partial charge in [-0.05, 0) is 44.2 Å². The molecule has 0 aliphatic heterocycles. The van der Waals surface area contributed by atoms with Crippen molar-refractivity contribution in [2.24, 2.45) is 0 Å². The van der Waals surface area contributed by atoms with Gasteiger partial charge >= 0.3 is 0 Å². The van der Waals surface area contributed by atoms with E-state index in [1.54, 1.807) is 32.0 Å². The number of aromatic nitrogens is 3. The summed E-state index contributed by atoms with van der Waals surface area (Å²) in [5.41, 5.74) is 2.68. The SMILES string of the molecule is CCN(CC)c1ccc(S(=O)(=O)N(CC)CC)cc1NC(=O)Cn1nnc2ccccc21. The van der Waals surface area contributed by atoms with Crippen LogP contribution in [0.5, 0.6) is 0 Å². The molecule has 3 aromatic rings. The molecule has 0 fully saturated rings. The molecule has 0 atom stereocenters. The molecule has 1 amide bonds. The molecular weight excluding hydrogens is 428 g/mol. The third-order valence-electron chi connectivity index (χ3n) is 5.40. The molecule has 0 aliphatic rings. The third-order valence-corrected chi connectivity index (χ3v) is 7.45. The molecule has 0 aliphatic carbocycles. The summed E-state index contributed by atoms with van der Waals surface area (Å²) in [6.45, 7) is 9.77. The molecule has 0 radical (unpaired) electrons. The first-order valence-corrected chi connectivity index (χ1v) is 12.3. The van der Waals surface area contributed by atoms with E-state index in [1.165, 1.54) is 8.99 Å². The number of nitrogens with zero attached hydrogens (tertiary/aromatic N) is 5. The maximum atomic E-state index is 13.0. The minimum atomic E-state index is -3.66. The second-order valence-electron chi connectivity index (χ2n) is 7.22. The third kappa shape index (κ3) is 4.76. The Balaban J connectivity index is 1.95. The predicted molar refractivity (Wildman–Crippen MR) is 126 cm³/mol. The number of para-hydroxylation sites is 1. The molecule has 1 N–H and O–H groups in total. The van der Waals surface area contributed by atoms with Crippen LogP contribution in [0.25, 0.3) is 11.0 Å². The molecule has 0 bridgehead atoms. The highest BCUT2D eigenvalue weighted by molar-refractivity contribution is 7.89. The van der Waals surface area contributed by atoms with Crippen LogP contribution in [-0.2, 0) is 21.4 Å². The van der Waals surface area contributed by atoms with E-state index in [0.29, 0.717) is 24.3 Å². The summed E-state index contributed by atoms with van der Waals surface area (Å²) in [6, 6.07) is 12.3. The Morgan fingerprint density at radius 2 is 1.69 bits per heavy atom. The van der Waals surface area contributed by atoms with Crippen LogP contribution in [0.3, 0.4) is 0 Å². The quantitative estimate of drug-likeness (QED) is 0.501. The van der Waals surface area contributed by atoms with Gasteiger partial charge in [-0.2, -0.15) is 4.31 Å². The van der Waals surface area contributed by atoms with Gasteiger partial charge in [0.05, 0.1) is 21.8 Å². The largest absolute Gasteiger partial charge is 0.370 e. The molecule has 0 saturated heterocycles. The van der Waals surface area contributed by atoms with Gasteiger partial charge in [0.25, 0.3) is 0 Å². The van der Waals surface area contributed by atoms with Crippen LogP contribution in [-0.4, -0.2) is 59.8 Å². The van der Waals surface area contributed by atoms with Gasteiger partial charge in [-0.3, -0.25) is 4.79 Å². The maximum Gasteiger partial charge on any atom is 0.246 e. The Morgan fingerprint density at radius 3 is 2.34 bits per heavy atom. The first kappa shape index (κ1) is 23.7. The standard InChI is InChI=1S/C22H30N6O3S/c1-5-26(6-2)20-14-13-17(32(30,31)27(7-3)8-4)15-19(20)23-22(29)16-28-21-12-10-9-11-18(21)24-25-28/h9-15H,5-8,16H2,1-4H3,(H,23,29). The van der Waals surface area contributed by atoms with Gasteiger partial charge in [0.15, 0.2) is 0 Å². The molecule has 1 aromatic heterocycles. The van der Waals surface area contributed by atoms with Crippen molar-refractivity contribution in [2.75, 3.05) is 36.4 Å². The van der Waals surface area contributed by atoms with Gasteiger partial charge in [0, 0.05) is 26.2 Å². The molecule has 0 saturated carbocycles. The minimum absolute atomic E-state index is 0.0365. The molecular formula is C22H30N6O3S. The van der Waals surface area contributed by atoms with Crippen molar-refractivity contribution < 1.29 is 13.2 Å². The molecule has 172 valence electrons. The normalized spacial score (nSPS) is 11.8. The molecule has 32 heavy (non-hydrogen) atoms. The van der Waals surface area contributed by atoms with Crippen molar-refractivity contribution in [2.45, 2.75) is 39.1 Å². The zero-order valence-corrected chi connectivity index (χ0v) is 19.8. The summed E-state index contributed by atoms with van der Waals surface area (Å²) >= 11 is 0. The summed E-state index contributed by atoms with van der Waals surface area (Å²) < 4.78 is 29.0. The summed E-state index contributed by atoms with van der Waals surface area (Å²) in [6.07, 6.45) is 0. The van der Waals surface area contributed by atoms with Crippen LogP contribution < -0.4 is 10.2 Å². The zero-order valence-electron chi connectivity index (χ0n) is 18.9. The predicted octanol–water partition coefficient (Wildman–Crippen LogP) is 2.95. The molecule has 10 heteroatoms. The van der Waals surface area contributed by atoms with Crippen molar-refractivity contribution in [1.82, 2.24) is 19.3 Å². The summed E-state index contributed by atoms with van der Waals surface area (Å²) in [5.74, 6) is -0.313. The lowest BCUT2D eigenvalue weighted by Gasteiger charge is -2.26. The Bertz CT molecular complexity index is 1180. The van der Waals surface area contributed by atoms with Crippen molar-refractivity contribution in [1.29, 1.82) is 0 Å². The van der Waals surface area contributed by atoms with E-state index in [1.807, 2.05) is 38.1 Å². The molecule has 3 rings (SSSR count). The number of anilines is 2. The molecule has 0 unspecified atom stereocenters. The van der Waals surface area contributed by atoms with Gasteiger partial charge in [-0.1, -0.05) is 31.2 Å². The van der Waals surface area contributed by atoms with Gasteiger partial charge in [0.2, 0.25) is 15.9 Å². The summed E-state index contributed by atoms with van der Waals surface area (Å²) in [7, 11) is -3.66. The Morgan fingerprint density at radius 1 is 1.00 bits per heavy atom. The fourth-order valence-corrected chi connectivity index (χ4v) is 5.17. The zero-order chi connectivity index (χ0) is 23.3. The van der Waals surface area contributed by atoms with Gasteiger partial charge in [-0.25, -0.2) is 13.1 Å². The monoisotopic (exact) mass is 458 g/mol. The average Bonchev–Trinajstić information content (AvgIpc) is 3.18. The Labute approximate surface area is 189 Å². The van der Waals surface area contributed by atoms with Crippen LogP contribution in [0.1, 0.15) is 27.7 Å². The fourth-order valence-electron chi connectivity index (χ4n) is 3.69. The first-order chi connectivity index (χ1) is 15.3. The van der Waals surface area contributed by atoms with Gasteiger partial charge in [-0.15, -0.1) is 5.10 Å². The van der Waals surface area contributed by atoms with Crippen LogP contribution in [0.2, 0.25) is 0 Å². The summed E-state index contributed by atoms with van der Waals surface area (Å²) in [4.78, 5) is 15.1. The Hall–Kier alpha value is -2.98. The highest BCUT2D eigenvalue weighted by Crippen LogP contribution is 2.30. The maximum absolute atomic E-state index is 13.0. The van der Waals surface area contributed by atoms with Crippen LogP contribution in [0.15, 0.2) is 47.4 Å². The van der Waals surface area contributed by atoms with Gasteiger partial charge in [0.1, 0.15) is 12.1 Å². The number of fused-ring (bicyclic) bond motifs is 1. The number of carbonyl (C=O) groups is 1. The second kappa shape index (κ2) is 10.1. The van der Waals surface area contributed by atoms with E-state index in [-0.39, 0.29) is 17.3 Å². The number of benzene rings is 2. The lowest BCUT2D eigenvalue weighted by molar-refractivity contribution is -0.116. The van der Waals surface area contributed by atoms with E-state index in [0.717, 1.165) is 24.3 Å². The summed E-state index contributed by atoms with van der Waals surface area (Å²) in [5, 5.41) is 11.0. The number of hydrogen-bond donors (Lipinski definition) is 1. The van der Waals surface area contributed by atoms with E-state index in [2.05, 4.69) is 20.5 Å².